The van der Waals surface area contributed by atoms with E-state index in [1.807, 2.05) is 29.6 Å². The smallest absolute Gasteiger partial charge is 0.251 e. The number of nitrogens with zero attached hydrogens (tertiary/aromatic N) is 3. The number of benzene rings is 1. The SMILES string of the molecule is CC(C)[C@H](Cn1nccn1)NC(=O)c1ccc(-c2ccsc2)cc1. The summed E-state index contributed by atoms with van der Waals surface area (Å²) in [6.07, 6.45) is 3.28. The molecule has 0 aliphatic rings. The van der Waals surface area contributed by atoms with Gasteiger partial charge in [-0.15, -0.1) is 0 Å². The zero-order valence-electron chi connectivity index (χ0n) is 13.7. The van der Waals surface area contributed by atoms with E-state index in [2.05, 4.69) is 40.8 Å². The quantitative estimate of drug-likeness (QED) is 0.747. The Bertz CT molecular complexity index is 764. The van der Waals surface area contributed by atoms with Crippen LogP contribution in [0.25, 0.3) is 11.1 Å². The van der Waals surface area contributed by atoms with E-state index in [0.717, 1.165) is 5.56 Å². The molecule has 124 valence electrons. The van der Waals surface area contributed by atoms with Gasteiger partial charge in [0.2, 0.25) is 0 Å². The molecule has 0 radical (unpaired) electrons. The molecule has 6 heteroatoms. The van der Waals surface area contributed by atoms with Crippen LogP contribution >= 0.6 is 11.3 Å². The molecule has 0 bridgehead atoms. The first-order valence-electron chi connectivity index (χ1n) is 7.91. The van der Waals surface area contributed by atoms with Crippen molar-refractivity contribution in [2.45, 2.75) is 26.4 Å². The molecule has 0 aliphatic heterocycles. The minimum Gasteiger partial charge on any atom is -0.347 e. The Morgan fingerprint density at radius 1 is 1.12 bits per heavy atom. The number of nitrogens with one attached hydrogen (secondary N) is 1. The molecule has 5 nitrogen and oxygen atoms in total. The summed E-state index contributed by atoms with van der Waals surface area (Å²) in [6, 6.07) is 9.75. The predicted molar refractivity (Wildman–Crippen MR) is 95.9 cm³/mol. The van der Waals surface area contributed by atoms with Crippen LogP contribution in [0.4, 0.5) is 0 Å². The number of carbonyl (C=O) groups is 1. The second-order valence-electron chi connectivity index (χ2n) is 6.00. The summed E-state index contributed by atoms with van der Waals surface area (Å²) in [6.45, 7) is 4.71. The number of amides is 1. The fraction of sp³-hybridized carbons (Fsp3) is 0.278. The second-order valence-corrected chi connectivity index (χ2v) is 6.78. The normalized spacial score (nSPS) is 12.3. The van der Waals surface area contributed by atoms with Crippen molar-refractivity contribution >= 4 is 17.2 Å². The first-order chi connectivity index (χ1) is 11.6. The Kier molecular flexibility index (Phi) is 5.05. The van der Waals surface area contributed by atoms with Crippen LogP contribution in [0.3, 0.4) is 0 Å². The highest BCUT2D eigenvalue weighted by Gasteiger charge is 2.18. The summed E-state index contributed by atoms with van der Waals surface area (Å²) < 4.78 is 0. The number of thiophene rings is 1. The maximum atomic E-state index is 12.5. The van der Waals surface area contributed by atoms with Crippen LogP contribution in [0.2, 0.25) is 0 Å². The van der Waals surface area contributed by atoms with Crippen LogP contribution in [0, 0.1) is 5.92 Å². The molecule has 0 aliphatic carbocycles. The van der Waals surface area contributed by atoms with E-state index in [0.29, 0.717) is 12.1 Å². The topological polar surface area (TPSA) is 59.8 Å². The molecule has 3 rings (SSSR count). The van der Waals surface area contributed by atoms with Gasteiger partial charge < -0.3 is 5.32 Å². The zero-order valence-corrected chi connectivity index (χ0v) is 14.5. The lowest BCUT2D eigenvalue weighted by Crippen LogP contribution is -2.42. The molecule has 24 heavy (non-hydrogen) atoms. The monoisotopic (exact) mass is 340 g/mol. The van der Waals surface area contributed by atoms with Gasteiger partial charge in [0.05, 0.1) is 25.0 Å². The van der Waals surface area contributed by atoms with E-state index in [1.54, 1.807) is 28.5 Å². The summed E-state index contributed by atoms with van der Waals surface area (Å²) in [5.74, 6) is 0.211. The molecule has 3 aromatic rings. The van der Waals surface area contributed by atoms with Crippen molar-refractivity contribution in [1.29, 1.82) is 0 Å². The molecule has 1 amide bonds. The number of hydrogen-bond acceptors (Lipinski definition) is 4. The van der Waals surface area contributed by atoms with Crippen LogP contribution in [0.1, 0.15) is 24.2 Å². The second kappa shape index (κ2) is 7.40. The molecular formula is C18H20N4OS. The third kappa shape index (κ3) is 3.89. The lowest BCUT2D eigenvalue weighted by atomic mass is 10.0. The minimum absolute atomic E-state index is 0.0264. The van der Waals surface area contributed by atoms with E-state index in [4.69, 9.17) is 0 Å². The summed E-state index contributed by atoms with van der Waals surface area (Å²) in [5.41, 5.74) is 2.96. The van der Waals surface area contributed by atoms with Crippen molar-refractivity contribution < 1.29 is 4.79 Å². The summed E-state index contributed by atoms with van der Waals surface area (Å²) in [4.78, 5) is 14.1. The van der Waals surface area contributed by atoms with Gasteiger partial charge in [0, 0.05) is 5.56 Å². The van der Waals surface area contributed by atoms with Crippen molar-refractivity contribution in [2.24, 2.45) is 5.92 Å². The lowest BCUT2D eigenvalue weighted by molar-refractivity contribution is 0.0918. The highest BCUT2D eigenvalue weighted by atomic mass is 32.1. The van der Waals surface area contributed by atoms with Crippen LogP contribution in [0.5, 0.6) is 0 Å². The molecule has 0 fully saturated rings. The number of aromatic nitrogens is 3. The predicted octanol–water partition coefficient (Wildman–Crippen LogP) is 3.46. The number of carbonyl (C=O) groups excluding carboxylic acids is 1. The van der Waals surface area contributed by atoms with Crippen LogP contribution in [-0.2, 0) is 6.54 Å². The van der Waals surface area contributed by atoms with E-state index in [-0.39, 0.29) is 17.9 Å². The molecule has 0 spiro atoms. The van der Waals surface area contributed by atoms with Crippen molar-refractivity contribution in [1.82, 2.24) is 20.3 Å². The molecule has 1 aromatic carbocycles. The Balaban J connectivity index is 1.68. The summed E-state index contributed by atoms with van der Waals surface area (Å²) in [7, 11) is 0. The van der Waals surface area contributed by atoms with Gasteiger partial charge in [-0.1, -0.05) is 26.0 Å². The van der Waals surface area contributed by atoms with Crippen LogP contribution < -0.4 is 5.32 Å². The standard InChI is InChI=1S/C18H20N4OS/c1-13(2)17(11-22-19-8-9-20-22)21-18(23)15-5-3-14(4-6-15)16-7-10-24-12-16/h3-10,12-13,17H,11H2,1-2H3,(H,21,23)/t17-/m0/s1. The average molecular weight is 340 g/mol. The Morgan fingerprint density at radius 2 is 1.83 bits per heavy atom. The van der Waals surface area contributed by atoms with Gasteiger partial charge in [0.15, 0.2) is 0 Å². The molecule has 1 atom stereocenters. The first kappa shape index (κ1) is 16.4. The third-order valence-electron chi connectivity index (χ3n) is 3.95. The van der Waals surface area contributed by atoms with Gasteiger partial charge in [0.25, 0.3) is 5.91 Å². The number of rotatable bonds is 6. The summed E-state index contributed by atoms with van der Waals surface area (Å²) >= 11 is 1.66. The van der Waals surface area contributed by atoms with Crippen molar-refractivity contribution in [3.8, 4) is 11.1 Å². The lowest BCUT2D eigenvalue weighted by Gasteiger charge is -2.22. The van der Waals surface area contributed by atoms with E-state index < -0.39 is 0 Å². The maximum Gasteiger partial charge on any atom is 0.251 e. The Hall–Kier alpha value is -2.47. The Morgan fingerprint density at radius 3 is 2.42 bits per heavy atom. The molecule has 0 saturated carbocycles. The highest BCUT2D eigenvalue weighted by Crippen LogP contribution is 2.22. The van der Waals surface area contributed by atoms with Gasteiger partial charge in [-0.3, -0.25) is 4.79 Å². The first-order valence-corrected chi connectivity index (χ1v) is 8.85. The minimum atomic E-state index is -0.0716. The van der Waals surface area contributed by atoms with Gasteiger partial charge in [-0.25, -0.2) is 0 Å². The fourth-order valence-electron chi connectivity index (χ4n) is 2.43. The summed E-state index contributed by atoms with van der Waals surface area (Å²) in [5, 5.41) is 15.5. The van der Waals surface area contributed by atoms with Gasteiger partial charge in [-0.2, -0.15) is 26.3 Å². The van der Waals surface area contributed by atoms with Crippen LogP contribution in [-0.4, -0.2) is 26.9 Å². The molecule has 0 saturated heterocycles. The van der Waals surface area contributed by atoms with Gasteiger partial charge in [-0.05, 0) is 46.0 Å². The Labute approximate surface area is 145 Å². The average Bonchev–Trinajstić information content (AvgIpc) is 3.28. The van der Waals surface area contributed by atoms with Gasteiger partial charge >= 0.3 is 0 Å². The van der Waals surface area contributed by atoms with Crippen molar-refractivity contribution in [2.75, 3.05) is 0 Å². The van der Waals surface area contributed by atoms with Gasteiger partial charge in [0.1, 0.15) is 0 Å². The molecular weight excluding hydrogens is 320 g/mol. The van der Waals surface area contributed by atoms with E-state index in [9.17, 15) is 4.79 Å². The van der Waals surface area contributed by atoms with E-state index in [1.165, 1.54) is 5.56 Å². The molecule has 2 aromatic heterocycles. The number of hydrogen-bond donors (Lipinski definition) is 1. The van der Waals surface area contributed by atoms with Crippen molar-refractivity contribution in [3.05, 3.63) is 59.0 Å². The van der Waals surface area contributed by atoms with Crippen LogP contribution in [0.15, 0.2) is 53.5 Å². The highest BCUT2D eigenvalue weighted by molar-refractivity contribution is 7.08. The van der Waals surface area contributed by atoms with E-state index >= 15 is 0 Å². The molecule has 2 heterocycles. The molecule has 0 unspecified atom stereocenters. The van der Waals surface area contributed by atoms with Crippen molar-refractivity contribution in [3.63, 3.8) is 0 Å². The molecule has 1 N–H and O–H groups in total. The third-order valence-corrected chi connectivity index (χ3v) is 4.63. The largest absolute Gasteiger partial charge is 0.347 e. The zero-order chi connectivity index (χ0) is 16.9. The maximum absolute atomic E-state index is 12.5. The fourth-order valence-corrected chi connectivity index (χ4v) is 3.10.